The van der Waals surface area contributed by atoms with E-state index in [0.717, 1.165) is 16.1 Å². The lowest BCUT2D eigenvalue weighted by atomic mass is 10.1. The van der Waals surface area contributed by atoms with E-state index < -0.39 is 0 Å². The molecule has 0 aliphatic rings. The zero-order valence-corrected chi connectivity index (χ0v) is 8.74. The maximum absolute atomic E-state index is 8.50. The number of thiazole rings is 1. The van der Waals surface area contributed by atoms with Gasteiger partial charge in [-0.15, -0.1) is 11.3 Å². The monoisotopic (exact) mass is 212 g/mol. The van der Waals surface area contributed by atoms with Crippen LogP contribution in [-0.2, 0) is 0 Å². The first-order valence-corrected chi connectivity index (χ1v) is 5.35. The molecule has 0 aliphatic carbocycles. The Labute approximate surface area is 92.1 Å². The highest BCUT2D eigenvalue weighted by molar-refractivity contribution is 7.13. The maximum Gasteiger partial charge on any atom is 0.123 e. The summed E-state index contributed by atoms with van der Waals surface area (Å²) in [5.41, 5.74) is 2.09. The molecule has 1 heterocycles. The summed E-state index contributed by atoms with van der Waals surface area (Å²) in [6.07, 6.45) is 5.06. The number of aromatic nitrogens is 1. The van der Waals surface area contributed by atoms with Gasteiger partial charge >= 0.3 is 0 Å². The second kappa shape index (κ2) is 4.54. The van der Waals surface area contributed by atoms with Crippen molar-refractivity contribution in [1.29, 1.82) is 5.26 Å². The van der Waals surface area contributed by atoms with Crippen LogP contribution >= 0.6 is 11.3 Å². The zero-order valence-electron chi connectivity index (χ0n) is 7.92. The Hall–Kier alpha value is -1.92. The molecule has 2 nitrogen and oxygen atoms in total. The topological polar surface area (TPSA) is 36.7 Å². The van der Waals surface area contributed by atoms with Crippen LogP contribution in [0.5, 0.6) is 0 Å². The predicted octanol–water partition coefficient (Wildman–Crippen LogP) is 3.35. The van der Waals surface area contributed by atoms with Gasteiger partial charge in [0.1, 0.15) is 5.01 Å². The van der Waals surface area contributed by atoms with E-state index in [1.165, 1.54) is 6.08 Å². The smallest absolute Gasteiger partial charge is 0.123 e. The van der Waals surface area contributed by atoms with Gasteiger partial charge in [0.25, 0.3) is 0 Å². The Morgan fingerprint density at radius 1 is 1.33 bits per heavy atom. The summed E-state index contributed by atoms with van der Waals surface area (Å²) in [5, 5.41) is 11.4. The van der Waals surface area contributed by atoms with E-state index in [9.17, 15) is 0 Å². The highest BCUT2D eigenvalue weighted by atomic mass is 32.1. The average molecular weight is 212 g/mol. The molecule has 0 fully saturated rings. The molecule has 0 radical (unpaired) electrons. The van der Waals surface area contributed by atoms with Crippen molar-refractivity contribution in [1.82, 2.24) is 4.98 Å². The third-order valence-corrected chi connectivity index (χ3v) is 2.77. The van der Waals surface area contributed by atoms with Crippen LogP contribution in [0.25, 0.3) is 16.6 Å². The minimum absolute atomic E-state index is 0.980. The molecular weight excluding hydrogens is 204 g/mol. The molecule has 0 bridgehead atoms. The van der Waals surface area contributed by atoms with Crippen LogP contribution in [0, 0.1) is 11.3 Å². The fourth-order valence-electron chi connectivity index (χ4n) is 1.32. The van der Waals surface area contributed by atoms with Crippen LogP contribution in [-0.4, -0.2) is 4.98 Å². The maximum atomic E-state index is 8.50. The molecule has 1 aromatic heterocycles. The van der Waals surface area contributed by atoms with Crippen LogP contribution < -0.4 is 0 Å². The van der Waals surface area contributed by atoms with Crippen LogP contribution in [0.15, 0.2) is 41.9 Å². The summed E-state index contributed by atoms with van der Waals surface area (Å²) in [4.78, 5) is 4.26. The quantitative estimate of drug-likeness (QED) is 0.716. The number of nitriles is 1. The van der Waals surface area contributed by atoms with Crippen molar-refractivity contribution < 1.29 is 0 Å². The van der Waals surface area contributed by atoms with Gasteiger partial charge in [-0.1, -0.05) is 24.3 Å². The van der Waals surface area contributed by atoms with Gasteiger partial charge in [-0.25, -0.2) is 4.98 Å². The standard InChI is InChI=1S/C12H8N2S/c13-7-3-5-10-4-1-2-6-11(10)12-14-8-9-15-12/h1-6,8-9H/b5-3+. The fraction of sp³-hybridized carbons (Fsp3) is 0. The van der Waals surface area contributed by atoms with Gasteiger partial charge in [-0.05, 0) is 11.6 Å². The molecule has 0 saturated carbocycles. The van der Waals surface area contributed by atoms with Crippen LogP contribution in [0.3, 0.4) is 0 Å². The first kappa shape index (κ1) is 9.63. The Morgan fingerprint density at radius 2 is 2.20 bits per heavy atom. The third kappa shape index (κ3) is 2.12. The van der Waals surface area contributed by atoms with Crippen LogP contribution in [0.4, 0.5) is 0 Å². The molecule has 0 aliphatic heterocycles. The van der Waals surface area contributed by atoms with Crippen molar-refractivity contribution in [2.45, 2.75) is 0 Å². The van der Waals surface area contributed by atoms with E-state index >= 15 is 0 Å². The van der Waals surface area contributed by atoms with Crippen LogP contribution in [0.1, 0.15) is 5.56 Å². The summed E-state index contributed by atoms with van der Waals surface area (Å²) in [7, 11) is 0. The van der Waals surface area contributed by atoms with Crippen molar-refractivity contribution in [3.63, 3.8) is 0 Å². The lowest BCUT2D eigenvalue weighted by Gasteiger charge is -2.00. The summed E-state index contributed by atoms with van der Waals surface area (Å²) in [6.45, 7) is 0. The molecule has 2 rings (SSSR count). The predicted molar refractivity (Wildman–Crippen MR) is 62.2 cm³/mol. The van der Waals surface area contributed by atoms with E-state index in [0.29, 0.717) is 0 Å². The molecule has 72 valence electrons. The molecular formula is C12H8N2S. The first-order chi connectivity index (χ1) is 7.42. The molecule has 2 aromatic rings. The minimum atomic E-state index is 0.980. The Morgan fingerprint density at radius 3 is 2.93 bits per heavy atom. The Kier molecular flexibility index (Phi) is 2.91. The van der Waals surface area contributed by atoms with Gasteiger partial charge in [0.05, 0.1) is 6.07 Å². The van der Waals surface area contributed by atoms with Gasteiger partial charge in [0.2, 0.25) is 0 Å². The van der Waals surface area contributed by atoms with Gasteiger partial charge in [-0.2, -0.15) is 5.26 Å². The number of nitrogens with zero attached hydrogens (tertiary/aromatic N) is 2. The van der Waals surface area contributed by atoms with E-state index in [2.05, 4.69) is 4.98 Å². The molecule has 0 spiro atoms. The Bertz CT molecular complexity index is 507. The number of allylic oxidation sites excluding steroid dienone is 1. The molecule has 3 heteroatoms. The second-order valence-corrected chi connectivity index (χ2v) is 3.78. The van der Waals surface area contributed by atoms with Gasteiger partial charge in [0.15, 0.2) is 0 Å². The van der Waals surface area contributed by atoms with Crippen molar-refractivity contribution in [2.75, 3.05) is 0 Å². The van der Waals surface area contributed by atoms with Gasteiger partial charge < -0.3 is 0 Å². The zero-order chi connectivity index (χ0) is 10.5. The second-order valence-electron chi connectivity index (χ2n) is 2.89. The van der Waals surface area contributed by atoms with Gasteiger partial charge in [0, 0.05) is 23.2 Å². The molecule has 0 N–H and O–H groups in total. The number of rotatable bonds is 2. The van der Waals surface area contributed by atoms with E-state index in [4.69, 9.17) is 5.26 Å². The van der Waals surface area contributed by atoms with Crippen molar-refractivity contribution in [3.8, 4) is 16.6 Å². The molecule has 15 heavy (non-hydrogen) atoms. The molecule has 0 saturated heterocycles. The first-order valence-electron chi connectivity index (χ1n) is 4.47. The number of benzene rings is 1. The highest BCUT2D eigenvalue weighted by Gasteiger charge is 2.03. The van der Waals surface area contributed by atoms with E-state index in [-0.39, 0.29) is 0 Å². The van der Waals surface area contributed by atoms with Crippen molar-refractivity contribution in [2.24, 2.45) is 0 Å². The van der Waals surface area contributed by atoms with E-state index in [1.54, 1.807) is 23.6 Å². The summed E-state index contributed by atoms with van der Waals surface area (Å²) >= 11 is 1.60. The Balaban J connectivity index is 2.48. The molecule has 0 atom stereocenters. The molecule has 0 amide bonds. The van der Waals surface area contributed by atoms with E-state index in [1.807, 2.05) is 35.7 Å². The minimum Gasteiger partial charge on any atom is -0.245 e. The average Bonchev–Trinajstić information content (AvgIpc) is 2.80. The molecule has 1 aromatic carbocycles. The summed E-state index contributed by atoms with van der Waals surface area (Å²) in [5.74, 6) is 0. The van der Waals surface area contributed by atoms with Crippen LogP contribution in [0.2, 0.25) is 0 Å². The number of hydrogen-bond acceptors (Lipinski definition) is 3. The lowest BCUT2D eigenvalue weighted by molar-refractivity contribution is 1.41. The van der Waals surface area contributed by atoms with Crippen molar-refractivity contribution in [3.05, 3.63) is 47.5 Å². The molecule has 0 unspecified atom stereocenters. The lowest BCUT2D eigenvalue weighted by Crippen LogP contribution is -1.80. The third-order valence-electron chi connectivity index (χ3n) is 1.96. The summed E-state index contributed by atoms with van der Waals surface area (Å²) < 4.78 is 0. The number of hydrogen-bond donors (Lipinski definition) is 0. The van der Waals surface area contributed by atoms with Gasteiger partial charge in [-0.3, -0.25) is 0 Å². The SMILES string of the molecule is N#C/C=C/c1ccccc1-c1nccs1. The highest BCUT2D eigenvalue weighted by Crippen LogP contribution is 2.26. The largest absolute Gasteiger partial charge is 0.245 e. The fourth-order valence-corrected chi connectivity index (χ4v) is 2.01. The summed E-state index contributed by atoms with van der Waals surface area (Å²) in [6, 6.07) is 9.90. The van der Waals surface area contributed by atoms with Crippen molar-refractivity contribution >= 4 is 17.4 Å². The normalized spacial score (nSPS) is 10.3.